The van der Waals surface area contributed by atoms with E-state index in [2.05, 4.69) is 69.4 Å². The predicted octanol–water partition coefficient (Wildman–Crippen LogP) is 5.04. The maximum Gasteiger partial charge on any atom is 0.458 e. The first-order chi connectivity index (χ1) is 12.8. The first-order valence-electron chi connectivity index (χ1n) is 9.66. The summed E-state index contributed by atoms with van der Waals surface area (Å²) in [6.07, 6.45) is 0.813. The van der Waals surface area contributed by atoms with E-state index >= 15 is 0 Å². The van der Waals surface area contributed by atoms with Gasteiger partial charge in [-0.05, 0) is 63.3 Å². The first kappa shape index (κ1) is 18.4. The molecule has 0 amide bonds. The molecule has 1 N–H and O–H groups in total. The van der Waals surface area contributed by atoms with Gasteiger partial charge in [-0.25, -0.2) is 0 Å². The molecule has 0 unspecified atom stereocenters. The highest BCUT2D eigenvalue weighted by molar-refractivity contribution is 6.45. The van der Waals surface area contributed by atoms with Crippen LogP contribution in [0.25, 0.3) is 0 Å². The number of hydrogen-bond donors (Lipinski definition) is 1. The van der Waals surface area contributed by atoms with Crippen LogP contribution in [0.3, 0.4) is 0 Å². The lowest BCUT2D eigenvalue weighted by Gasteiger charge is -2.32. The highest BCUT2D eigenvalue weighted by Crippen LogP contribution is 2.49. The summed E-state index contributed by atoms with van der Waals surface area (Å²) in [5.74, 6) is 1.15. The van der Waals surface area contributed by atoms with Crippen molar-refractivity contribution in [3.8, 4) is 5.75 Å². The Hall–Kier alpha value is -1.98. The van der Waals surface area contributed by atoms with Crippen molar-refractivity contribution >= 4 is 12.8 Å². The van der Waals surface area contributed by atoms with Gasteiger partial charge in [0.1, 0.15) is 5.75 Å². The lowest BCUT2D eigenvalue weighted by Crippen LogP contribution is -2.41. The number of nitrogens with one attached hydrogen (secondary N) is 1. The molecule has 142 valence electrons. The normalized spacial score (nSPS) is 25.1. The van der Waals surface area contributed by atoms with E-state index in [9.17, 15) is 0 Å². The number of ether oxygens (including phenoxy) is 1. The van der Waals surface area contributed by atoms with Gasteiger partial charge in [0.25, 0.3) is 0 Å². The third-order valence-electron chi connectivity index (χ3n) is 6.30. The van der Waals surface area contributed by atoms with Crippen molar-refractivity contribution in [2.24, 2.45) is 0 Å². The summed E-state index contributed by atoms with van der Waals surface area (Å²) in [7, 11) is 1.48. The van der Waals surface area contributed by atoms with E-state index in [1.54, 1.807) is 7.11 Å². The van der Waals surface area contributed by atoms with Gasteiger partial charge in [-0.2, -0.15) is 0 Å². The minimum absolute atomic E-state index is 0.187. The maximum atomic E-state index is 6.29. The monoisotopic (exact) mass is 365 g/mol. The fraction of sp³-hybridized carbons (Fsp3) is 0.455. The molecule has 0 bridgehead atoms. The number of para-hydroxylation sites is 1. The van der Waals surface area contributed by atoms with Gasteiger partial charge >= 0.3 is 7.12 Å². The second-order valence-electron chi connectivity index (χ2n) is 8.51. The van der Waals surface area contributed by atoms with Crippen LogP contribution in [0.4, 0.5) is 5.69 Å². The molecule has 4 rings (SSSR count). The lowest BCUT2D eigenvalue weighted by molar-refractivity contribution is 0.00578. The molecule has 2 atom stereocenters. The van der Waals surface area contributed by atoms with Crippen molar-refractivity contribution in [3.63, 3.8) is 0 Å². The zero-order valence-electron chi connectivity index (χ0n) is 16.8. The number of methoxy groups -OCH3 is 1. The third-order valence-corrected chi connectivity index (χ3v) is 6.30. The smallest absolute Gasteiger partial charge is 0.458 e. The highest BCUT2D eigenvalue weighted by Gasteiger charge is 2.52. The van der Waals surface area contributed by atoms with Crippen LogP contribution < -0.4 is 10.1 Å². The summed E-state index contributed by atoms with van der Waals surface area (Å²) < 4.78 is 17.9. The predicted molar refractivity (Wildman–Crippen MR) is 109 cm³/mol. The van der Waals surface area contributed by atoms with Crippen LogP contribution in [0.1, 0.15) is 50.8 Å². The Morgan fingerprint density at radius 3 is 2.22 bits per heavy atom. The van der Waals surface area contributed by atoms with Gasteiger partial charge in [0, 0.05) is 11.6 Å². The van der Waals surface area contributed by atoms with E-state index in [1.165, 1.54) is 16.8 Å². The molecule has 5 heteroatoms. The number of rotatable bonds is 4. The van der Waals surface area contributed by atoms with E-state index < -0.39 is 0 Å². The van der Waals surface area contributed by atoms with E-state index in [0.29, 0.717) is 0 Å². The second-order valence-corrected chi connectivity index (χ2v) is 8.51. The third kappa shape index (κ3) is 3.23. The van der Waals surface area contributed by atoms with Crippen molar-refractivity contribution in [3.05, 3.63) is 59.7 Å². The Labute approximate surface area is 162 Å². The average molecular weight is 365 g/mol. The Morgan fingerprint density at radius 2 is 1.59 bits per heavy atom. The molecule has 1 fully saturated rings. The van der Waals surface area contributed by atoms with Crippen molar-refractivity contribution < 1.29 is 14.0 Å². The van der Waals surface area contributed by atoms with Gasteiger partial charge in [0.2, 0.25) is 0 Å². The van der Waals surface area contributed by atoms with E-state index in [0.717, 1.165) is 12.1 Å². The van der Waals surface area contributed by atoms with Crippen molar-refractivity contribution in [1.82, 2.24) is 0 Å². The molecule has 0 spiro atoms. The Kier molecular flexibility index (Phi) is 4.48. The Morgan fingerprint density at radius 1 is 0.963 bits per heavy atom. The topological polar surface area (TPSA) is 39.7 Å². The van der Waals surface area contributed by atoms with Gasteiger partial charge < -0.3 is 19.4 Å². The van der Waals surface area contributed by atoms with Crippen molar-refractivity contribution in [1.29, 1.82) is 0 Å². The van der Waals surface area contributed by atoms with Crippen molar-refractivity contribution in [2.45, 2.75) is 57.2 Å². The molecule has 2 aromatic rings. The van der Waals surface area contributed by atoms with Crippen LogP contribution in [0.2, 0.25) is 6.32 Å². The Bertz CT molecular complexity index is 803. The number of anilines is 1. The van der Waals surface area contributed by atoms with Gasteiger partial charge in [-0.1, -0.05) is 30.3 Å². The molecule has 0 aliphatic carbocycles. The zero-order chi connectivity index (χ0) is 19.2. The molecular formula is C22H28BNO3. The standard InChI is InChI=1S/C22H28BNO3/c1-21(2)22(3,4)27-23(26-21)14-18-17-8-6-7-9-19(17)24-20(18)15-10-12-16(25-5)13-11-15/h6-13,18,20,24H,14H2,1-5H3/t18-,20-/m0/s1. The highest BCUT2D eigenvalue weighted by atomic mass is 16.7. The quantitative estimate of drug-likeness (QED) is 0.771. The zero-order valence-corrected chi connectivity index (χ0v) is 16.8. The number of hydrogen-bond acceptors (Lipinski definition) is 4. The van der Waals surface area contributed by atoms with Crippen LogP contribution in [0, 0.1) is 0 Å². The second kappa shape index (κ2) is 6.57. The molecule has 0 saturated carbocycles. The van der Waals surface area contributed by atoms with Gasteiger partial charge in [0.15, 0.2) is 0 Å². The van der Waals surface area contributed by atoms with E-state index in [4.69, 9.17) is 14.0 Å². The van der Waals surface area contributed by atoms with Crippen molar-refractivity contribution in [2.75, 3.05) is 12.4 Å². The molecule has 2 heterocycles. The fourth-order valence-electron chi connectivity index (χ4n) is 4.06. The van der Waals surface area contributed by atoms with Gasteiger partial charge in [-0.15, -0.1) is 0 Å². The molecule has 0 radical (unpaired) electrons. The van der Waals surface area contributed by atoms with E-state index in [-0.39, 0.29) is 30.3 Å². The van der Waals surface area contributed by atoms with E-state index in [1.807, 2.05) is 12.1 Å². The fourth-order valence-corrected chi connectivity index (χ4v) is 4.06. The van der Waals surface area contributed by atoms with Crippen LogP contribution in [-0.4, -0.2) is 25.4 Å². The minimum atomic E-state index is -0.307. The summed E-state index contributed by atoms with van der Waals surface area (Å²) in [4.78, 5) is 0. The molecule has 2 aliphatic rings. The number of benzene rings is 2. The summed E-state index contributed by atoms with van der Waals surface area (Å²) in [5.41, 5.74) is 3.15. The molecule has 27 heavy (non-hydrogen) atoms. The first-order valence-corrected chi connectivity index (χ1v) is 9.66. The SMILES string of the molecule is COc1ccc([C@@H]2Nc3ccccc3[C@@H]2CB2OC(C)(C)C(C)(C)O2)cc1. The molecular weight excluding hydrogens is 337 g/mol. The largest absolute Gasteiger partial charge is 0.497 e. The average Bonchev–Trinajstić information content (AvgIpc) is 3.09. The van der Waals surface area contributed by atoms with Crippen LogP contribution in [0.15, 0.2) is 48.5 Å². The van der Waals surface area contributed by atoms with Gasteiger partial charge in [-0.3, -0.25) is 0 Å². The summed E-state index contributed by atoms with van der Waals surface area (Å²) in [5, 5.41) is 3.70. The number of fused-ring (bicyclic) bond motifs is 1. The van der Waals surface area contributed by atoms with Crippen LogP contribution >= 0.6 is 0 Å². The van der Waals surface area contributed by atoms with Crippen LogP contribution in [-0.2, 0) is 9.31 Å². The van der Waals surface area contributed by atoms with Crippen LogP contribution in [0.5, 0.6) is 5.75 Å². The minimum Gasteiger partial charge on any atom is -0.497 e. The molecule has 1 saturated heterocycles. The molecule has 2 aromatic carbocycles. The van der Waals surface area contributed by atoms with Gasteiger partial charge in [0.05, 0.1) is 24.4 Å². The molecule has 4 nitrogen and oxygen atoms in total. The Balaban J connectivity index is 1.62. The maximum absolute atomic E-state index is 6.29. The lowest BCUT2D eigenvalue weighted by atomic mass is 9.72. The summed E-state index contributed by atoms with van der Waals surface area (Å²) in [6, 6.07) is 17.0. The molecule has 2 aliphatic heterocycles. The summed E-state index contributed by atoms with van der Waals surface area (Å²) in [6.45, 7) is 8.42. The molecule has 0 aromatic heterocycles. The summed E-state index contributed by atoms with van der Waals surface area (Å²) >= 11 is 0.